The van der Waals surface area contributed by atoms with Crippen LogP contribution in [0.15, 0.2) is 40.6 Å². The second kappa shape index (κ2) is 5.51. The Morgan fingerprint density at radius 2 is 2.20 bits per heavy atom. The number of benzene rings is 1. The van der Waals surface area contributed by atoms with Gasteiger partial charge in [0.05, 0.1) is 13.7 Å². The molecule has 2 heterocycles. The van der Waals surface area contributed by atoms with Gasteiger partial charge in [-0.2, -0.15) is 11.3 Å². The van der Waals surface area contributed by atoms with Crippen LogP contribution in [0.2, 0.25) is 0 Å². The smallest absolute Gasteiger partial charge is 0.333 e. The molecule has 1 aromatic heterocycles. The Morgan fingerprint density at radius 1 is 1.30 bits per heavy atom. The predicted octanol–water partition coefficient (Wildman–Crippen LogP) is 3.75. The van der Waals surface area contributed by atoms with Crippen molar-refractivity contribution in [1.82, 2.24) is 0 Å². The lowest BCUT2D eigenvalue weighted by Gasteiger charge is -2.07. The lowest BCUT2D eigenvalue weighted by molar-refractivity contribution is -0.136. The van der Waals surface area contributed by atoms with Crippen LogP contribution in [0.4, 0.5) is 0 Å². The third-order valence-electron chi connectivity index (χ3n) is 3.27. The van der Waals surface area contributed by atoms with Gasteiger partial charge in [-0.3, -0.25) is 0 Å². The summed E-state index contributed by atoms with van der Waals surface area (Å²) in [6.07, 6.45) is 2.43. The molecule has 3 nitrogen and oxygen atoms in total. The maximum atomic E-state index is 11.7. The second-order valence-corrected chi connectivity index (χ2v) is 5.30. The van der Waals surface area contributed by atoms with Gasteiger partial charge in [-0.15, -0.1) is 0 Å². The highest BCUT2D eigenvalue weighted by Crippen LogP contribution is 2.31. The van der Waals surface area contributed by atoms with Gasteiger partial charge in [0.25, 0.3) is 0 Å². The van der Waals surface area contributed by atoms with Gasteiger partial charge in [0.15, 0.2) is 0 Å². The minimum atomic E-state index is -0.289. The summed E-state index contributed by atoms with van der Waals surface area (Å²) in [5.74, 6) is 0.519. The number of fused-ring (bicyclic) bond motifs is 1. The number of hydrogen-bond acceptors (Lipinski definition) is 4. The van der Waals surface area contributed by atoms with Crippen LogP contribution in [-0.2, 0) is 9.53 Å². The van der Waals surface area contributed by atoms with E-state index in [2.05, 4.69) is 11.4 Å². The van der Waals surface area contributed by atoms with Crippen LogP contribution in [0.3, 0.4) is 0 Å². The molecule has 4 heteroatoms. The zero-order valence-electron chi connectivity index (χ0n) is 11.1. The van der Waals surface area contributed by atoms with Gasteiger partial charge in [-0.25, -0.2) is 4.79 Å². The summed E-state index contributed by atoms with van der Waals surface area (Å²) in [6.45, 7) is 0.492. The molecule has 0 fully saturated rings. The third-order valence-corrected chi connectivity index (χ3v) is 3.95. The highest BCUT2D eigenvalue weighted by atomic mass is 32.1. The molecule has 1 aromatic carbocycles. The Labute approximate surface area is 121 Å². The molecule has 0 saturated heterocycles. The van der Waals surface area contributed by atoms with Crippen molar-refractivity contribution in [3.63, 3.8) is 0 Å². The molecule has 0 N–H and O–H groups in total. The van der Waals surface area contributed by atoms with E-state index < -0.39 is 0 Å². The zero-order chi connectivity index (χ0) is 13.9. The fourth-order valence-corrected chi connectivity index (χ4v) is 2.89. The maximum Gasteiger partial charge on any atom is 0.333 e. The van der Waals surface area contributed by atoms with Crippen LogP contribution in [0.25, 0.3) is 17.2 Å². The maximum absolute atomic E-state index is 11.7. The zero-order valence-corrected chi connectivity index (χ0v) is 11.9. The van der Waals surface area contributed by atoms with Gasteiger partial charge in [0.2, 0.25) is 0 Å². The molecule has 20 heavy (non-hydrogen) atoms. The van der Waals surface area contributed by atoms with Gasteiger partial charge in [-0.1, -0.05) is 6.07 Å². The molecule has 0 saturated carbocycles. The average molecular weight is 286 g/mol. The summed E-state index contributed by atoms with van der Waals surface area (Å²) in [6, 6.07) is 8.12. The Kier molecular flexibility index (Phi) is 3.56. The number of thiophene rings is 1. The van der Waals surface area contributed by atoms with E-state index in [1.165, 1.54) is 12.7 Å². The molecule has 0 amide bonds. The topological polar surface area (TPSA) is 35.5 Å². The highest BCUT2D eigenvalue weighted by Gasteiger charge is 2.16. The molecule has 102 valence electrons. The first-order valence-corrected chi connectivity index (χ1v) is 7.30. The van der Waals surface area contributed by atoms with Crippen molar-refractivity contribution in [1.29, 1.82) is 0 Å². The number of methoxy groups -OCH3 is 1. The minimum absolute atomic E-state index is 0.289. The number of carbonyl (C=O) groups excluding carboxylic acids is 1. The Bertz CT molecular complexity index is 656. The van der Waals surface area contributed by atoms with E-state index >= 15 is 0 Å². The van der Waals surface area contributed by atoms with E-state index in [-0.39, 0.29) is 5.97 Å². The Morgan fingerprint density at radius 3 is 2.95 bits per heavy atom. The van der Waals surface area contributed by atoms with Gasteiger partial charge in [0.1, 0.15) is 5.75 Å². The summed E-state index contributed by atoms with van der Waals surface area (Å²) in [4.78, 5) is 11.7. The van der Waals surface area contributed by atoms with Gasteiger partial charge >= 0.3 is 5.97 Å². The van der Waals surface area contributed by atoms with E-state index in [1.54, 1.807) is 11.3 Å². The summed E-state index contributed by atoms with van der Waals surface area (Å²) in [5, 5.41) is 4.15. The van der Waals surface area contributed by atoms with Gasteiger partial charge in [-0.05, 0) is 46.2 Å². The summed E-state index contributed by atoms with van der Waals surface area (Å²) in [5.41, 5.74) is 3.87. The number of esters is 1. The highest BCUT2D eigenvalue weighted by molar-refractivity contribution is 7.08. The molecule has 2 aromatic rings. The largest absolute Gasteiger partial charge is 0.493 e. The van der Waals surface area contributed by atoms with Crippen LogP contribution < -0.4 is 4.74 Å². The van der Waals surface area contributed by atoms with E-state index in [9.17, 15) is 4.79 Å². The Hall–Kier alpha value is -2.07. The first-order chi connectivity index (χ1) is 9.78. The molecule has 1 aliphatic rings. The minimum Gasteiger partial charge on any atom is -0.493 e. The van der Waals surface area contributed by atoms with Gasteiger partial charge < -0.3 is 9.47 Å². The second-order valence-electron chi connectivity index (χ2n) is 4.52. The molecule has 0 unspecified atom stereocenters. The van der Waals surface area contributed by atoms with Crippen LogP contribution in [0, 0.1) is 0 Å². The molecule has 0 spiro atoms. The number of carbonyl (C=O) groups is 1. The fourth-order valence-electron chi connectivity index (χ4n) is 2.22. The van der Waals surface area contributed by atoms with Crippen molar-refractivity contribution in [3.8, 4) is 16.9 Å². The molecule has 0 aliphatic carbocycles. The lowest BCUT2D eigenvalue weighted by atomic mass is 10.0. The van der Waals surface area contributed by atoms with Crippen LogP contribution in [0.1, 0.15) is 12.0 Å². The van der Waals surface area contributed by atoms with Crippen molar-refractivity contribution in [3.05, 3.63) is 46.2 Å². The van der Waals surface area contributed by atoms with E-state index in [1.807, 2.05) is 29.7 Å². The van der Waals surface area contributed by atoms with E-state index in [0.29, 0.717) is 18.6 Å². The van der Waals surface area contributed by atoms with E-state index in [4.69, 9.17) is 9.47 Å². The quantitative estimate of drug-likeness (QED) is 0.789. The van der Waals surface area contributed by atoms with Crippen molar-refractivity contribution in [2.24, 2.45) is 0 Å². The van der Waals surface area contributed by atoms with Crippen LogP contribution in [0.5, 0.6) is 5.75 Å². The molecular formula is C16H14O3S. The van der Waals surface area contributed by atoms with Crippen molar-refractivity contribution >= 4 is 23.4 Å². The number of rotatable bonds is 2. The number of ether oxygens (including phenoxy) is 2. The normalized spacial score (nSPS) is 13.8. The van der Waals surface area contributed by atoms with E-state index in [0.717, 1.165) is 16.9 Å². The molecular weight excluding hydrogens is 272 g/mol. The first kappa shape index (κ1) is 12.9. The predicted molar refractivity (Wildman–Crippen MR) is 79.9 cm³/mol. The molecule has 0 radical (unpaired) electrons. The molecule has 0 atom stereocenters. The summed E-state index contributed by atoms with van der Waals surface area (Å²) in [7, 11) is 1.40. The van der Waals surface area contributed by atoms with Gasteiger partial charge in [0, 0.05) is 17.6 Å². The molecule has 0 bridgehead atoms. The molecule has 3 rings (SSSR count). The summed E-state index contributed by atoms with van der Waals surface area (Å²) >= 11 is 1.66. The number of hydrogen-bond donors (Lipinski definition) is 0. The van der Waals surface area contributed by atoms with Crippen molar-refractivity contribution in [2.45, 2.75) is 6.42 Å². The van der Waals surface area contributed by atoms with Crippen molar-refractivity contribution < 1.29 is 14.3 Å². The standard InChI is InChI=1S/C16H14O3S/c1-18-16(17)12-4-6-19-15-3-2-11(8-14(15)9-12)13-5-7-20-10-13/h2-3,5,7-10H,4,6H2,1H3. The SMILES string of the molecule is COC(=O)C1=Cc2cc(-c3ccsc3)ccc2OCC1. The van der Waals surface area contributed by atoms with Crippen LogP contribution in [-0.4, -0.2) is 19.7 Å². The first-order valence-electron chi connectivity index (χ1n) is 6.36. The average Bonchev–Trinajstić information content (AvgIpc) is 2.92. The fraction of sp³-hybridized carbons (Fsp3) is 0.188. The molecule has 1 aliphatic heterocycles. The van der Waals surface area contributed by atoms with Crippen molar-refractivity contribution in [2.75, 3.05) is 13.7 Å². The van der Waals surface area contributed by atoms with Crippen LogP contribution >= 0.6 is 11.3 Å². The Balaban J connectivity index is 2.04. The lowest BCUT2D eigenvalue weighted by Crippen LogP contribution is -2.06. The third kappa shape index (κ3) is 2.47. The monoisotopic (exact) mass is 286 g/mol. The summed E-state index contributed by atoms with van der Waals surface area (Å²) < 4.78 is 10.5.